The Bertz CT molecular complexity index is 472. The number of benzene rings is 1. The number of carbonyl (C=O) groups is 2. The number of halogens is 1. The van der Waals surface area contributed by atoms with Gasteiger partial charge in [0, 0.05) is 5.56 Å². The summed E-state index contributed by atoms with van der Waals surface area (Å²) in [6, 6.07) is 4.48. The summed E-state index contributed by atoms with van der Waals surface area (Å²) in [6.07, 6.45) is 0. The number of nitrogens with one attached hydrogen (secondary N) is 1. The number of carbonyl (C=O) groups excluding carboxylic acids is 2. The van der Waals surface area contributed by atoms with Gasteiger partial charge in [0.15, 0.2) is 0 Å². The van der Waals surface area contributed by atoms with Gasteiger partial charge in [0.25, 0.3) is 5.91 Å². The Hall–Kier alpha value is -1.75. The lowest BCUT2D eigenvalue weighted by Crippen LogP contribution is -2.53. The Labute approximate surface area is 104 Å². The van der Waals surface area contributed by atoms with Crippen molar-refractivity contribution in [2.45, 2.75) is 19.4 Å². The largest absolute Gasteiger partial charge is 0.398 e. The summed E-state index contributed by atoms with van der Waals surface area (Å²) < 4.78 is 0. The summed E-state index contributed by atoms with van der Waals surface area (Å²) >= 11 is 5.74. The van der Waals surface area contributed by atoms with Gasteiger partial charge in [-0.3, -0.25) is 9.59 Å². The molecule has 5 N–H and O–H groups in total. The van der Waals surface area contributed by atoms with Crippen LogP contribution in [0.5, 0.6) is 0 Å². The highest BCUT2D eigenvalue weighted by atomic mass is 35.5. The second kappa shape index (κ2) is 4.63. The van der Waals surface area contributed by atoms with E-state index in [1.54, 1.807) is 0 Å². The Balaban J connectivity index is 2.91. The first-order chi connectivity index (χ1) is 7.74. The third-order valence-electron chi connectivity index (χ3n) is 2.30. The number of rotatable bonds is 3. The second-order valence-corrected chi connectivity index (χ2v) is 4.59. The van der Waals surface area contributed by atoms with Crippen LogP contribution >= 0.6 is 11.6 Å². The maximum atomic E-state index is 11.8. The van der Waals surface area contributed by atoms with Crippen LogP contribution in [0.1, 0.15) is 24.2 Å². The number of anilines is 1. The summed E-state index contributed by atoms with van der Waals surface area (Å²) in [5, 5.41) is 2.88. The fraction of sp³-hybridized carbons (Fsp3) is 0.273. The van der Waals surface area contributed by atoms with Gasteiger partial charge in [-0.05, 0) is 32.0 Å². The predicted molar refractivity (Wildman–Crippen MR) is 66.6 cm³/mol. The molecule has 92 valence electrons. The van der Waals surface area contributed by atoms with Crippen molar-refractivity contribution in [1.82, 2.24) is 5.32 Å². The normalized spacial score (nSPS) is 11.0. The highest BCUT2D eigenvalue weighted by Crippen LogP contribution is 2.19. The minimum Gasteiger partial charge on any atom is -0.398 e. The third kappa shape index (κ3) is 3.10. The van der Waals surface area contributed by atoms with Crippen molar-refractivity contribution >= 4 is 29.1 Å². The zero-order chi connectivity index (χ0) is 13.2. The molecule has 0 bridgehead atoms. The lowest BCUT2D eigenvalue weighted by molar-refractivity contribution is -0.122. The van der Waals surface area contributed by atoms with Crippen LogP contribution in [0.3, 0.4) is 0 Å². The molecule has 1 rings (SSSR count). The Morgan fingerprint density at radius 2 is 1.94 bits per heavy atom. The SMILES string of the molecule is CC(C)(NC(=O)c1ccc(Cl)c(N)c1)C(N)=O. The first kappa shape index (κ1) is 13.3. The molecule has 0 atom stereocenters. The van der Waals surface area contributed by atoms with Gasteiger partial charge in [0.05, 0.1) is 10.7 Å². The van der Waals surface area contributed by atoms with Crippen molar-refractivity contribution in [2.75, 3.05) is 5.73 Å². The van der Waals surface area contributed by atoms with Gasteiger partial charge in [-0.2, -0.15) is 0 Å². The molecule has 0 radical (unpaired) electrons. The number of hydrogen-bond acceptors (Lipinski definition) is 3. The third-order valence-corrected chi connectivity index (χ3v) is 2.64. The highest BCUT2D eigenvalue weighted by molar-refractivity contribution is 6.33. The van der Waals surface area contributed by atoms with Gasteiger partial charge in [-0.15, -0.1) is 0 Å². The Morgan fingerprint density at radius 1 is 1.35 bits per heavy atom. The van der Waals surface area contributed by atoms with Gasteiger partial charge < -0.3 is 16.8 Å². The average molecular weight is 256 g/mol. The molecular weight excluding hydrogens is 242 g/mol. The van der Waals surface area contributed by atoms with Crippen molar-refractivity contribution in [3.8, 4) is 0 Å². The summed E-state index contributed by atoms with van der Waals surface area (Å²) in [6.45, 7) is 3.04. The lowest BCUT2D eigenvalue weighted by atomic mass is 10.0. The first-order valence-corrected chi connectivity index (χ1v) is 5.29. The van der Waals surface area contributed by atoms with E-state index in [1.165, 1.54) is 32.0 Å². The number of nitrogens with two attached hydrogens (primary N) is 2. The van der Waals surface area contributed by atoms with Crippen molar-refractivity contribution in [1.29, 1.82) is 0 Å². The van der Waals surface area contributed by atoms with E-state index in [0.29, 0.717) is 16.3 Å². The Morgan fingerprint density at radius 3 is 2.41 bits per heavy atom. The molecule has 0 aliphatic rings. The molecule has 1 aromatic rings. The topological polar surface area (TPSA) is 98.2 Å². The molecule has 6 heteroatoms. The smallest absolute Gasteiger partial charge is 0.252 e. The van der Waals surface area contributed by atoms with Crippen molar-refractivity contribution in [2.24, 2.45) is 5.73 Å². The molecule has 5 nitrogen and oxygen atoms in total. The molecule has 1 aromatic carbocycles. The van der Waals surface area contributed by atoms with Crippen LogP contribution in [-0.2, 0) is 4.79 Å². The van der Waals surface area contributed by atoms with Crippen LogP contribution in [0.2, 0.25) is 5.02 Å². The predicted octanol–water partition coefficient (Wildman–Crippen LogP) is 0.916. The van der Waals surface area contributed by atoms with E-state index in [9.17, 15) is 9.59 Å². The molecular formula is C11H14ClN3O2. The number of nitrogen functional groups attached to an aromatic ring is 1. The maximum Gasteiger partial charge on any atom is 0.252 e. The van der Waals surface area contributed by atoms with E-state index in [4.69, 9.17) is 23.1 Å². The van der Waals surface area contributed by atoms with E-state index in [1.807, 2.05) is 0 Å². The minimum atomic E-state index is -1.12. The van der Waals surface area contributed by atoms with Crippen LogP contribution in [0.25, 0.3) is 0 Å². The fourth-order valence-electron chi connectivity index (χ4n) is 1.10. The zero-order valence-electron chi connectivity index (χ0n) is 9.58. The van der Waals surface area contributed by atoms with Gasteiger partial charge in [-0.1, -0.05) is 11.6 Å². The molecule has 2 amide bonds. The molecule has 0 heterocycles. The van der Waals surface area contributed by atoms with Gasteiger partial charge >= 0.3 is 0 Å². The molecule has 0 unspecified atom stereocenters. The van der Waals surface area contributed by atoms with Gasteiger partial charge in [0.1, 0.15) is 5.54 Å². The molecule has 0 fully saturated rings. The minimum absolute atomic E-state index is 0.302. The summed E-state index contributed by atoms with van der Waals surface area (Å²) in [5.74, 6) is -1.05. The van der Waals surface area contributed by atoms with Crippen LogP contribution in [-0.4, -0.2) is 17.4 Å². The van der Waals surface area contributed by atoms with Gasteiger partial charge in [-0.25, -0.2) is 0 Å². The van der Waals surface area contributed by atoms with Crippen LogP contribution in [0.4, 0.5) is 5.69 Å². The lowest BCUT2D eigenvalue weighted by Gasteiger charge is -2.22. The van der Waals surface area contributed by atoms with Crippen LogP contribution < -0.4 is 16.8 Å². The van der Waals surface area contributed by atoms with Crippen molar-refractivity contribution < 1.29 is 9.59 Å². The Kier molecular flexibility index (Phi) is 3.63. The zero-order valence-corrected chi connectivity index (χ0v) is 10.3. The average Bonchev–Trinajstić information content (AvgIpc) is 2.21. The molecule has 0 saturated carbocycles. The maximum absolute atomic E-state index is 11.8. The summed E-state index contributed by atoms with van der Waals surface area (Å²) in [4.78, 5) is 22.9. The standard InChI is InChI=1S/C11H14ClN3O2/c1-11(2,10(14)17)15-9(16)6-3-4-7(12)8(13)5-6/h3-5H,13H2,1-2H3,(H2,14,17)(H,15,16). The van der Waals surface area contributed by atoms with E-state index in [0.717, 1.165) is 0 Å². The number of primary amides is 1. The molecule has 0 aliphatic carbocycles. The quantitative estimate of drug-likeness (QED) is 0.701. The molecule has 17 heavy (non-hydrogen) atoms. The van der Waals surface area contributed by atoms with Gasteiger partial charge in [0.2, 0.25) is 5.91 Å². The van der Waals surface area contributed by atoms with E-state index < -0.39 is 17.4 Å². The molecule has 0 aliphatic heterocycles. The molecule has 0 aromatic heterocycles. The van der Waals surface area contributed by atoms with Crippen LogP contribution in [0, 0.1) is 0 Å². The molecule has 0 spiro atoms. The first-order valence-electron chi connectivity index (χ1n) is 4.91. The number of hydrogen-bond donors (Lipinski definition) is 3. The van der Waals surface area contributed by atoms with Crippen molar-refractivity contribution in [3.63, 3.8) is 0 Å². The monoisotopic (exact) mass is 255 g/mol. The van der Waals surface area contributed by atoms with Crippen molar-refractivity contribution in [3.05, 3.63) is 28.8 Å². The number of amides is 2. The molecule has 0 saturated heterocycles. The van der Waals surface area contributed by atoms with E-state index in [-0.39, 0.29) is 0 Å². The second-order valence-electron chi connectivity index (χ2n) is 4.18. The highest BCUT2D eigenvalue weighted by Gasteiger charge is 2.27. The fourth-order valence-corrected chi connectivity index (χ4v) is 1.22. The van der Waals surface area contributed by atoms with E-state index in [2.05, 4.69) is 5.32 Å². The van der Waals surface area contributed by atoms with E-state index >= 15 is 0 Å². The van der Waals surface area contributed by atoms with Crippen LogP contribution in [0.15, 0.2) is 18.2 Å². The summed E-state index contributed by atoms with van der Waals surface area (Å²) in [5.41, 5.74) is 10.2. The summed E-state index contributed by atoms with van der Waals surface area (Å²) in [7, 11) is 0.